The second-order valence-corrected chi connectivity index (χ2v) is 5.16. The van der Waals surface area contributed by atoms with Crippen LogP contribution in [0.5, 0.6) is 5.75 Å². The topological polar surface area (TPSA) is 52.7 Å². The highest BCUT2D eigenvalue weighted by atomic mass is 16.5. The maximum Gasteiger partial charge on any atom is 0.138 e. The number of aromatic nitrogens is 1. The second kappa shape index (κ2) is 5.54. The molecule has 1 aromatic heterocycles. The molecule has 1 saturated heterocycles. The number of para-hydroxylation sites is 2. The molecule has 0 atom stereocenters. The lowest BCUT2D eigenvalue weighted by atomic mass is 10.2. The minimum atomic E-state index is 0.357. The minimum absolute atomic E-state index is 0.357. The van der Waals surface area contributed by atoms with Gasteiger partial charge in [0.2, 0.25) is 0 Å². The van der Waals surface area contributed by atoms with Crippen LogP contribution in [0.2, 0.25) is 0 Å². The summed E-state index contributed by atoms with van der Waals surface area (Å²) in [7, 11) is 0. The molecule has 0 radical (unpaired) electrons. The zero-order valence-electron chi connectivity index (χ0n) is 11.6. The lowest BCUT2D eigenvalue weighted by Gasteiger charge is -2.36. The molecular formula is C15H19N3O2. The Balaban J connectivity index is 1.60. The van der Waals surface area contributed by atoms with Crippen molar-refractivity contribution in [2.75, 3.05) is 31.1 Å². The summed E-state index contributed by atoms with van der Waals surface area (Å²) in [5.74, 6) is 1.25. The number of rotatable bonds is 3. The minimum Gasteiger partial charge on any atom is -0.506 e. The average Bonchev–Trinajstić information content (AvgIpc) is 2.86. The Labute approximate surface area is 118 Å². The molecule has 1 aliphatic heterocycles. The zero-order chi connectivity index (χ0) is 13.9. The monoisotopic (exact) mass is 273 g/mol. The van der Waals surface area contributed by atoms with Gasteiger partial charge in [0, 0.05) is 38.3 Å². The Kier molecular flexibility index (Phi) is 3.60. The first kappa shape index (κ1) is 13.0. The fourth-order valence-electron chi connectivity index (χ4n) is 2.59. The first-order valence-corrected chi connectivity index (χ1v) is 6.89. The summed E-state index contributed by atoms with van der Waals surface area (Å²) in [4.78, 5) is 4.61. The highest BCUT2D eigenvalue weighted by molar-refractivity contribution is 5.57. The van der Waals surface area contributed by atoms with Gasteiger partial charge in [0.25, 0.3) is 0 Å². The normalized spacial score (nSPS) is 16.6. The first-order valence-electron chi connectivity index (χ1n) is 6.89. The molecule has 0 saturated carbocycles. The highest BCUT2D eigenvalue weighted by Gasteiger charge is 2.20. The van der Waals surface area contributed by atoms with Crippen molar-refractivity contribution < 1.29 is 9.63 Å². The standard InChI is InChI=1S/C15H19N3O2/c1-12-13(10-16-20-12)11-17-6-8-18(9-7-17)14-4-2-3-5-15(14)19/h2-5,10,19H,6-9,11H2,1H3. The Morgan fingerprint density at radius 1 is 1.20 bits per heavy atom. The Morgan fingerprint density at radius 2 is 1.95 bits per heavy atom. The van der Waals surface area contributed by atoms with E-state index in [1.165, 1.54) is 0 Å². The number of hydrogen-bond acceptors (Lipinski definition) is 5. The van der Waals surface area contributed by atoms with Crippen molar-refractivity contribution in [2.24, 2.45) is 0 Å². The van der Waals surface area contributed by atoms with Crippen LogP contribution in [-0.4, -0.2) is 41.3 Å². The van der Waals surface area contributed by atoms with Crippen molar-refractivity contribution in [3.05, 3.63) is 41.8 Å². The number of hydrogen-bond donors (Lipinski definition) is 1. The predicted molar refractivity (Wildman–Crippen MR) is 76.8 cm³/mol. The maximum atomic E-state index is 9.90. The van der Waals surface area contributed by atoms with Crippen molar-refractivity contribution in [1.82, 2.24) is 10.1 Å². The van der Waals surface area contributed by atoms with E-state index in [1.807, 2.05) is 25.1 Å². The molecule has 0 unspecified atom stereocenters. The molecule has 20 heavy (non-hydrogen) atoms. The molecule has 5 heteroatoms. The van der Waals surface area contributed by atoms with E-state index in [9.17, 15) is 5.11 Å². The van der Waals surface area contributed by atoms with Gasteiger partial charge < -0.3 is 14.5 Å². The van der Waals surface area contributed by atoms with Gasteiger partial charge in [-0.1, -0.05) is 17.3 Å². The molecule has 1 fully saturated rings. The van der Waals surface area contributed by atoms with Gasteiger partial charge in [-0.15, -0.1) is 0 Å². The third-order valence-electron chi connectivity index (χ3n) is 3.84. The number of aromatic hydroxyl groups is 1. The number of anilines is 1. The molecule has 0 spiro atoms. The van der Waals surface area contributed by atoms with Gasteiger partial charge in [0.15, 0.2) is 0 Å². The fourth-order valence-corrected chi connectivity index (χ4v) is 2.59. The van der Waals surface area contributed by atoms with Gasteiger partial charge in [-0.05, 0) is 19.1 Å². The summed E-state index contributed by atoms with van der Waals surface area (Å²) < 4.78 is 5.09. The molecule has 1 N–H and O–H groups in total. The summed E-state index contributed by atoms with van der Waals surface area (Å²) in [6.45, 7) is 6.60. The first-order chi connectivity index (χ1) is 9.74. The number of phenolic OH excluding ortho intramolecular Hbond substituents is 1. The van der Waals surface area contributed by atoms with Crippen LogP contribution in [0.3, 0.4) is 0 Å². The van der Waals surface area contributed by atoms with Gasteiger partial charge in [-0.25, -0.2) is 0 Å². The van der Waals surface area contributed by atoms with E-state index in [2.05, 4.69) is 15.0 Å². The van der Waals surface area contributed by atoms with Crippen LogP contribution in [0, 0.1) is 6.92 Å². The van der Waals surface area contributed by atoms with Crippen molar-refractivity contribution >= 4 is 5.69 Å². The third kappa shape index (κ3) is 2.63. The highest BCUT2D eigenvalue weighted by Crippen LogP contribution is 2.27. The molecule has 0 aliphatic carbocycles. The van der Waals surface area contributed by atoms with Crippen LogP contribution < -0.4 is 4.90 Å². The summed E-state index contributed by atoms with van der Waals surface area (Å²) >= 11 is 0. The maximum absolute atomic E-state index is 9.90. The summed E-state index contributed by atoms with van der Waals surface area (Å²) in [5.41, 5.74) is 2.08. The molecule has 2 aromatic rings. The molecule has 0 amide bonds. The third-order valence-corrected chi connectivity index (χ3v) is 3.84. The molecule has 106 valence electrons. The number of phenols is 1. The van der Waals surface area contributed by atoms with Crippen LogP contribution in [0.1, 0.15) is 11.3 Å². The van der Waals surface area contributed by atoms with Crippen molar-refractivity contribution in [1.29, 1.82) is 0 Å². The van der Waals surface area contributed by atoms with E-state index in [0.717, 1.165) is 49.7 Å². The van der Waals surface area contributed by atoms with Gasteiger partial charge in [0.1, 0.15) is 11.5 Å². The van der Waals surface area contributed by atoms with Crippen LogP contribution >= 0.6 is 0 Å². The molecule has 5 nitrogen and oxygen atoms in total. The predicted octanol–water partition coefficient (Wildman–Crippen LogP) is 2.01. The Hall–Kier alpha value is -2.01. The molecule has 2 heterocycles. The smallest absolute Gasteiger partial charge is 0.138 e. The van der Waals surface area contributed by atoms with E-state index in [4.69, 9.17) is 4.52 Å². The Bertz CT molecular complexity index is 574. The van der Waals surface area contributed by atoms with E-state index >= 15 is 0 Å². The van der Waals surface area contributed by atoms with E-state index in [0.29, 0.717) is 5.75 Å². The number of piperazine rings is 1. The largest absolute Gasteiger partial charge is 0.506 e. The van der Waals surface area contributed by atoms with Crippen LogP contribution in [0.15, 0.2) is 35.0 Å². The number of nitrogens with zero attached hydrogens (tertiary/aromatic N) is 3. The second-order valence-electron chi connectivity index (χ2n) is 5.16. The van der Waals surface area contributed by atoms with Gasteiger partial charge >= 0.3 is 0 Å². The van der Waals surface area contributed by atoms with E-state index in [-0.39, 0.29) is 0 Å². The molecule has 1 aliphatic rings. The van der Waals surface area contributed by atoms with Gasteiger partial charge in [0.05, 0.1) is 11.9 Å². The van der Waals surface area contributed by atoms with E-state index < -0.39 is 0 Å². The molecular weight excluding hydrogens is 254 g/mol. The zero-order valence-corrected chi connectivity index (χ0v) is 11.6. The summed E-state index contributed by atoms with van der Waals surface area (Å²) in [6, 6.07) is 7.52. The van der Waals surface area contributed by atoms with Crippen LogP contribution in [0.4, 0.5) is 5.69 Å². The number of benzene rings is 1. The van der Waals surface area contributed by atoms with Crippen LogP contribution in [-0.2, 0) is 6.54 Å². The quantitative estimate of drug-likeness (QED) is 0.927. The lowest BCUT2D eigenvalue weighted by Crippen LogP contribution is -2.46. The van der Waals surface area contributed by atoms with E-state index in [1.54, 1.807) is 12.3 Å². The van der Waals surface area contributed by atoms with Gasteiger partial charge in [-0.3, -0.25) is 4.90 Å². The SMILES string of the molecule is Cc1oncc1CN1CCN(c2ccccc2O)CC1. The molecule has 3 rings (SSSR count). The summed E-state index contributed by atoms with van der Waals surface area (Å²) in [6.07, 6.45) is 1.80. The van der Waals surface area contributed by atoms with Crippen molar-refractivity contribution in [3.8, 4) is 5.75 Å². The van der Waals surface area contributed by atoms with Crippen LogP contribution in [0.25, 0.3) is 0 Å². The lowest BCUT2D eigenvalue weighted by molar-refractivity contribution is 0.247. The average molecular weight is 273 g/mol. The van der Waals surface area contributed by atoms with Gasteiger partial charge in [-0.2, -0.15) is 0 Å². The molecule has 0 bridgehead atoms. The van der Waals surface area contributed by atoms with Crippen molar-refractivity contribution in [2.45, 2.75) is 13.5 Å². The van der Waals surface area contributed by atoms with Crippen molar-refractivity contribution in [3.63, 3.8) is 0 Å². The number of aryl methyl sites for hydroxylation is 1. The Morgan fingerprint density at radius 3 is 2.60 bits per heavy atom. The summed E-state index contributed by atoms with van der Waals surface area (Å²) in [5, 5.41) is 13.7. The molecule has 1 aromatic carbocycles. The fraction of sp³-hybridized carbons (Fsp3) is 0.400.